The average molecular weight is 342 g/mol. The fraction of sp³-hybridized carbons (Fsp3) is 0.368. The van der Waals surface area contributed by atoms with Gasteiger partial charge in [0.2, 0.25) is 0 Å². The van der Waals surface area contributed by atoms with E-state index in [1.54, 1.807) is 6.20 Å². The van der Waals surface area contributed by atoms with E-state index in [0.717, 1.165) is 35.9 Å². The molecule has 1 aromatic heterocycles. The summed E-state index contributed by atoms with van der Waals surface area (Å²) in [5.41, 5.74) is 1.67. The van der Waals surface area contributed by atoms with Crippen molar-refractivity contribution in [2.75, 3.05) is 29.9 Å². The molecule has 0 atom stereocenters. The number of rotatable bonds is 8. The molecule has 134 valence electrons. The maximum absolute atomic E-state index is 12.0. The van der Waals surface area contributed by atoms with E-state index in [1.807, 2.05) is 43.3 Å². The van der Waals surface area contributed by atoms with Crippen molar-refractivity contribution in [3.05, 3.63) is 48.2 Å². The number of ether oxygens (including phenoxy) is 1. The fourth-order valence-electron chi connectivity index (χ4n) is 2.41. The van der Waals surface area contributed by atoms with Crippen LogP contribution in [0.25, 0.3) is 0 Å². The summed E-state index contributed by atoms with van der Waals surface area (Å²) < 4.78 is 5.38. The normalized spacial score (nSPS) is 10.2. The quantitative estimate of drug-likeness (QED) is 0.768. The molecule has 0 saturated carbocycles. The van der Waals surface area contributed by atoms with E-state index in [-0.39, 0.29) is 6.03 Å². The lowest BCUT2D eigenvalue weighted by Gasteiger charge is -2.19. The molecule has 0 aliphatic heterocycles. The van der Waals surface area contributed by atoms with E-state index in [2.05, 4.69) is 34.4 Å². The summed E-state index contributed by atoms with van der Waals surface area (Å²) in [6, 6.07) is 11.0. The van der Waals surface area contributed by atoms with Gasteiger partial charge in [0.05, 0.1) is 6.61 Å². The molecule has 0 unspecified atom stereocenters. The number of carbonyl (C=O) groups excluding carboxylic acids is 1. The van der Waals surface area contributed by atoms with Crippen molar-refractivity contribution in [1.29, 1.82) is 0 Å². The van der Waals surface area contributed by atoms with Gasteiger partial charge in [0.15, 0.2) is 0 Å². The lowest BCUT2D eigenvalue weighted by atomic mass is 10.2. The lowest BCUT2D eigenvalue weighted by molar-refractivity contribution is 0.251. The first-order valence-electron chi connectivity index (χ1n) is 8.63. The van der Waals surface area contributed by atoms with Crippen molar-refractivity contribution in [3.8, 4) is 5.75 Å². The van der Waals surface area contributed by atoms with Gasteiger partial charge in [-0.15, -0.1) is 0 Å². The van der Waals surface area contributed by atoms with Gasteiger partial charge in [-0.1, -0.05) is 6.07 Å². The first kappa shape index (κ1) is 18.6. The molecule has 25 heavy (non-hydrogen) atoms. The number of aromatic nitrogens is 1. The second kappa shape index (κ2) is 9.52. The number of nitrogens with zero attached hydrogens (tertiary/aromatic N) is 2. The largest absolute Gasteiger partial charge is 0.494 e. The molecule has 2 rings (SSSR count). The Morgan fingerprint density at radius 2 is 1.80 bits per heavy atom. The van der Waals surface area contributed by atoms with Gasteiger partial charge in [-0.05, 0) is 56.7 Å². The summed E-state index contributed by atoms with van der Waals surface area (Å²) in [6.07, 6.45) is 1.80. The maximum atomic E-state index is 12.0. The molecule has 1 heterocycles. The molecule has 2 N–H and O–H groups in total. The van der Waals surface area contributed by atoms with Gasteiger partial charge < -0.3 is 20.3 Å². The van der Waals surface area contributed by atoms with Crippen molar-refractivity contribution in [2.45, 2.75) is 27.3 Å². The van der Waals surface area contributed by atoms with Crippen molar-refractivity contribution >= 4 is 17.5 Å². The number of benzene rings is 1. The van der Waals surface area contributed by atoms with Crippen LogP contribution in [0.5, 0.6) is 5.75 Å². The zero-order chi connectivity index (χ0) is 18.1. The number of anilines is 2. The highest BCUT2D eigenvalue weighted by atomic mass is 16.5. The summed E-state index contributed by atoms with van der Waals surface area (Å²) in [7, 11) is 0. The molecule has 2 aromatic rings. The van der Waals surface area contributed by atoms with Crippen LogP contribution in [0.15, 0.2) is 42.6 Å². The molecule has 2 amide bonds. The minimum atomic E-state index is -0.253. The van der Waals surface area contributed by atoms with Crippen LogP contribution in [-0.2, 0) is 6.54 Å². The molecule has 0 spiro atoms. The molecule has 1 aromatic carbocycles. The van der Waals surface area contributed by atoms with Gasteiger partial charge >= 0.3 is 6.03 Å². The van der Waals surface area contributed by atoms with E-state index in [0.29, 0.717) is 13.2 Å². The Morgan fingerprint density at radius 3 is 2.36 bits per heavy atom. The highest BCUT2D eigenvalue weighted by Crippen LogP contribution is 2.15. The predicted octanol–water partition coefficient (Wildman–Crippen LogP) is 3.65. The number of pyridine rings is 1. The van der Waals surface area contributed by atoms with Crippen LogP contribution in [0.4, 0.5) is 16.3 Å². The zero-order valence-electron chi connectivity index (χ0n) is 15.1. The second-order valence-electron chi connectivity index (χ2n) is 5.46. The Balaban J connectivity index is 1.83. The molecule has 6 nitrogen and oxygen atoms in total. The Morgan fingerprint density at radius 1 is 1.08 bits per heavy atom. The molecule has 0 radical (unpaired) electrons. The van der Waals surface area contributed by atoms with E-state index < -0.39 is 0 Å². The van der Waals surface area contributed by atoms with Gasteiger partial charge in [0.1, 0.15) is 11.6 Å². The summed E-state index contributed by atoms with van der Waals surface area (Å²) in [5, 5.41) is 5.62. The van der Waals surface area contributed by atoms with Crippen LogP contribution < -0.4 is 20.3 Å². The lowest BCUT2D eigenvalue weighted by Crippen LogP contribution is -2.28. The third-order valence-electron chi connectivity index (χ3n) is 3.77. The summed E-state index contributed by atoms with van der Waals surface area (Å²) in [6.45, 7) is 9.03. The Hall–Kier alpha value is -2.76. The molecule has 0 aliphatic carbocycles. The molecule has 0 bridgehead atoms. The third kappa shape index (κ3) is 5.67. The number of nitrogens with one attached hydrogen (secondary N) is 2. The van der Waals surface area contributed by atoms with Gasteiger partial charge in [-0.25, -0.2) is 9.78 Å². The average Bonchev–Trinajstić information content (AvgIpc) is 2.64. The highest BCUT2D eigenvalue weighted by Gasteiger charge is 2.05. The molecular formula is C19H26N4O2. The predicted molar refractivity (Wildman–Crippen MR) is 101 cm³/mol. The fourth-order valence-corrected chi connectivity index (χ4v) is 2.41. The SMILES string of the molecule is CCOc1ccc(NC(=O)NCc2ccc(N(CC)CC)nc2)cc1. The highest BCUT2D eigenvalue weighted by molar-refractivity contribution is 5.89. The molecule has 6 heteroatoms. The summed E-state index contributed by atoms with van der Waals surface area (Å²) in [4.78, 5) is 18.6. The van der Waals surface area contributed by atoms with Crippen LogP contribution in [0.1, 0.15) is 26.3 Å². The molecule has 0 saturated heterocycles. The molecule has 0 aliphatic rings. The number of carbonyl (C=O) groups is 1. The first-order valence-corrected chi connectivity index (χ1v) is 8.63. The van der Waals surface area contributed by atoms with Crippen LogP contribution in [0, 0.1) is 0 Å². The third-order valence-corrected chi connectivity index (χ3v) is 3.77. The number of hydrogen-bond donors (Lipinski definition) is 2. The van der Waals surface area contributed by atoms with Crippen molar-refractivity contribution in [2.24, 2.45) is 0 Å². The minimum Gasteiger partial charge on any atom is -0.494 e. The first-order chi connectivity index (χ1) is 12.2. The van der Waals surface area contributed by atoms with Crippen molar-refractivity contribution in [3.63, 3.8) is 0 Å². The standard InChI is InChI=1S/C19H26N4O2/c1-4-23(5-2)18-12-7-15(13-20-18)14-21-19(24)22-16-8-10-17(11-9-16)25-6-3/h7-13H,4-6,14H2,1-3H3,(H2,21,22,24). The van der Waals surface area contributed by atoms with Gasteiger partial charge in [0, 0.05) is 31.5 Å². The molecule has 0 fully saturated rings. The van der Waals surface area contributed by atoms with Crippen LogP contribution in [-0.4, -0.2) is 30.7 Å². The van der Waals surface area contributed by atoms with Gasteiger partial charge in [0.25, 0.3) is 0 Å². The van der Waals surface area contributed by atoms with Crippen LogP contribution >= 0.6 is 0 Å². The monoisotopic (exact) mass is 342 g/mol. The van der Waals surface area contributed by atoms with E-state index in [1.165, 1.54) is 0 Å². The van der Waals surface area contributed by atoms with Gasteiger partial charge in [-0.3, -0.25) is 0 Å². The smallest absolute Gasteiger partial charge is 0.319 e. The number of urea groups is 1. The zero-order valence-corrected chi connectivity index (χ0v) is 15.1. The number of hydrogen-bond acceptors (Lipinski definition) is 4. The summed E-state index contributed by atoms with van der Waals surface area (Å²) in [5.74, 6) is 1.74. The van der Waals surface area contributed by atoms with Crippen LogP contribution in [0.3, 0.4) is 0 Å². The van der Waals surface area contributed by atoms with Crippen LogP contribution in [0.2, 0.25) is 0 Å². The Bertz CT molecular complexity index is 652. The Labute approximate surface area is 149 Å². The van der Waals surface area contributed by atoms with Gasteiger partial charge in [-0.2, -0.15) is 0 Å². The minimum absolute atomic E-state index is 0.253. The molecular weight excluding hydrogens is 316 g/mol. The topological polar surface area (TPSA) is 66.5 Å². The summed E-state index contributed by atoms with van der Waals surface area (Å²) >= 11 is 0. The Kier molecular flexibility index (Phi) is 7.07. The van der Waals surface area contributed by atoms with E-state index >= 15 is 0 Å². The van der Waals surface area contributed by atoms with E-state index in [4.69, 9.17) is 4.74 Å². The number of amides is 2. The van der Waals surface area contributed by atoms with E-state index in [9.17, 15) is 4.79 Å². The second-order valence-corrected chi connectivity index (χ2v) is 5.46. The van der Waals surface area contributed by atoms with Crippen molar-refractivity contribution < 1.29 is 9.53 Å². The van der Waals surface area contributed by atoms with Crippen molar-refractivity contribution in [1.82, 2.24) is 10.3 Å². The maximum Gasteiger partial charge on any atom is 0.319 e.